The maximum absolute atomic E-state index is 9.10. The molecule has 0 unspecified atom stereocenters. The first-order chi connectivity index (χ1) is 16.5. The van der Waals surface area contributed by atoms with Crippen LogP contribution in [-0.2, 0) is 22.4 Å². The predicted molar refractivity (Wildman–Crippen MR) is 127 cm³/mol. The molecule has 1 aromatic heterocycles. The molecule has 0 spiro atoms. The molecule has 3 aromatic rings. The normalized spacial score (nSPS) is 14.8. The van der Waals surface area contributed by atoms with Crippen LogP contribution in [0.25, 0.3) is 16.9 Å². The molecule has 8 heteroatoms. The summed E-state index contributed by atoms with van der Waals surface area (Å²) in [4.78, 5) is 20.7. The zero-order valence-electron chi connectivity index (χ0n) is 19.0. The number of hydrogen-bond acceptors (Lipinski definition) is 5. The molecule has 0 bridgehead atoms. The molecule has 2 aromatic carbocycles. The molecule has 0 atom stereocenters. The molecule has 0 radical (unpaired) electrons. The maximum Gasteiger partial charge on any atom is 0.414 e. The number of benzene rings is 2. The van der Waals surface area contributed by atoms with Crippen molar-refractivity contribution in [3.05, 3.63) is 65.7 Å². The van der Waals surface area contributed by atoms with Crippen LogP contribution in [0.2, 0.25) is 0 Å². The molecular formula is C26H29N3O5. The van der Waals surface area contributed by atoms with Crippen molar-refractivity contribution in [1.29, 1.82) is 0 Å². The number of carbonyl (C=O) groups is 2. The largest absolute Gasteiger partial charge is 0.476 e. The minimum atomic E-state index is -1.82. The number of carboxylic acids is 2. The first kappa shape index (κ1) is 23.5. The monoisotopic (exact) mass is 463 g/mol. The van der Waals surface area contributed by atoms with Gasteiger partial charge in [0.25, 0.3) is 0 Å². The van der Waals surface area contributed by atoms with Crippen molar-refractivity contribution in [3.8, 4) is 22.8 Å². The van der Waals surface area contributed by atoms with Gasteiger partial charge < -0.3 is 14.9 Å². The van der Waals surface area contributed by atoms with E-state index >= 15 is 0 Å². The lowest BCUT2D eigenvalue weighted by atomic mass is 10.0. The Hall–Kier alpha value is -3.65. The third kappa shape index (κ3) is 5.46. The Balaban J connectivity index is 0.000000408. The zero-order chi connectivity index (χ0) is 23.9. The summed E-state index contributed by atoms with van der Waals surface area (Å²) in [5, 5.41) is 19.8. The average molecular weight is 464 g/mol. The van der Waals surface area contributed by atoms with Gasteiger partial charge in [0.05, 0.1) is 5.69 Å². The summed E-state index contributed by atoms with van der Waals surface area (Å²) in [7, 11) is 0. The Labute approximate surface area is 198 Å². The van der Waals surface area contributed by atoms with Crippen molar-refractivity contribution in [3.63, 3.8) is 0 Å². The lowest BCUT2D eigenvalue weighted by Gasteiger charge is -2.16. The number of hydrogen-bond donors (Lipinski definition) is 2. The smallest absolute Gasteiger partial charge is 0.414 e. The summed E-state index contributed by atoms with van der Waals surface area (Å²) < 4.78 is 8.43. The molecular weight excluding hydrogens is 434 g/mol. The molecule has 2 heterocycles. The molecule has 2 aliphatic rings. The molecule has 2 N–H and O–H groups in total. The highest BCUT2D eigenvalue weighted by Crippen LogP contribution is 2.38. The van der Waals surface area contributed by atoms with Crippen molar-refractivity contribution < 1.29 is 24.5 Å². The first-order valence-corrected chi connectivity index (χ1v) is 11.6. The molecule has 34 heavy (non-hydrogen) atoms. The van der Waals surface area contributed by atoms with Crippen LogP contribution in [0, 0.1) is 0 Å². The quantitative estimate of drug-likeness (QED) is 0.557. The van der Waals surface area contributed by atoms with E-state index in [1.54, 1.807) is 0 Å². The third-order valence-corrected chi connectivity index (χ3v) is 6.11. The number of aliphatic carboxylic acids is 2. The van der Waals surface area contributed by atoms with Crippen molar-refractivity contribution >= 4 is 11.9 Å². The lowest BCUT2D eigenvalue weighted by Crippen LogP contribution is -2.25. The van der Waals surface area contributed by atoms with E-state index in [0.29, 0.717) is 6.61 Å². The van der Waals surface area contributed by atoms with Gasteiger partial charge in [0.2, 0.25) is 5.88 Å². The van der Waals surface area contributed by atoms with E-state index < -0.39 is 11.9 Å². The zero-order valence-corrected chi connectivity index (χ0v) is 19.0. The molecule has 1 saturated heterocycles. The van der Waals surface area contributed by atoms with Crippen LogP contribution in [-0.4, -0.2) is 63.1 Å². The van der Waals surface area contributed by atoms with E-state index in [-0.39, 0.29) is 0 Å². The summed E-state index contributed by atoms with van der Waals surface area (Å²) in [6, 6.07) is 19.1. The molecule has 1 aliphatic heterocycles. The van der Waals surface area contributed by atoms with Crippen LogP contribution in [0.4, 0.5) is 0 Å². The Morgan fingerprint density at radius 1 is 0.882 bits per heavy atom. The standard InChI is InChI=1S/C24H27N3O.C2H2O4/c1-2-11-20(12-3-1)27-24(28-18-17-26-15-6-7-16-26)22-14-8-10-19-9-4-5-13-21(19)23(22)25-27;3-1(4)2(5)6/h1-5,9,11-13H,6-8,10,14-18H2;(H,3,4)(H,5,6). The minimum Gasteiger partial charge on any atom is -0.476 e. The molecule has 5 rings (SSSR count). The third-order valence-electron chi connectivity index (χ3n) is 6.11. The van der Waals surface area contributed by atoms with Gasteiger partial charge in [-0.2, -0.15) is 5.10 Å². The van der Waals surface area contributed by atoms with Gasteiger partial charge >= 0.3 is 11.9 Å². The van der Waals surface area contributed by atoms with E-state index in [1.807, 2.05) is 10.7 Å². The highest BCUT2D eigenvalue weighted by atomic mass is 16.5. The predicted octanol–water partition coefficient (Wildman–Crippen LogP) is 3.66. The van der Waals surface area contributed by atoms with E-state index in [2.05, 4.69) is 53.4 Å². The van der Waals surface area contributed by atoms with E-state index in [0.717, 1.165) is 43.1 Å². The van der Waals surface area contributed by atoms with Crippen LogP contribution in [0.15, 0.2) is 54.6 Å². The Morgan fingerprint density at radius 2 is 1.56 bits per heavy atom. The summed E-state index contributed by atoms with van der Waals surface area (Å²) in [6.45, 7) is 4.11. The number of rotatable bonds is 5. The van der Waals surface area contributed by atoms with Crippen molar-refractivity contribution in [2.45, 2.75) is 32.1 Å². The maximum atomic E-state index is 9.10. The van der Waals surface area contributed by atoms with Crippen molar-refractivity contribution in [1.82, 2.24) is 14.7 Å². The van der Waals surface area contributed by atoms with Gasteiger partial charge in [-0.3, -0.25) is 4.90 Å². The molecule has 0 saturated carbocycles. The van der Waals surface area contributed by atoms with Gasteiger partial charge in [-0.1, -0.05) is 42.5 Å². The van der Waals surface area contributed by atoms with E-state index in [4.69, 9.17) is 29.6 Å². The second kappa shape index (κ2) is 11.0. The SMILES string of the molecule is O=C(O)C(=O)O.c1ccc(-n2nc3c(c2OCCN2CCCC2)CCCc2ccccc2-3)cc1. The summed E-state index contributed by atoms with van der Waals surface area (Å²) >= 11 is 0. The summed E-state index contributed by atoms with van der Waals surface area (Å²) in [5.74, 6) is -2.72. The van der Waals surface area contributed by atoms with Crippen LogP contribution in [0.3, 0.4) is 0 Å². The first-order valence-electron chi connectivity index (χ1n) is 11.6. The molecule has 178 valence electrons. The number of nitrogens with zero attached hydrogens (tertiary/aromatic N) is 3. The number of fused-ring (bicyclic) bond motifs is 3. The van der Waals surface area contributed by atoms with Crippen LogP contribution in [0.5, 0.6) is 5.88 Å². The van der Waals surface area contributed by atoms with Gasteiger partial charge in [0, 0.05) is 17.7 Å². The highest BCUT2D eigenvalue weighted by molar-refractivity contribution is 6.27. The van der Waals surface area contributed by atoms with Crippen LogP contribution < -0.4 is 4.74 Å². The van der Waals surface area contributed by atoms with Gasteiger partial charge in [-0.25, -0.2) is 14.3 Å². The fourth-order valence-corrected chi connectivity index (χ4v) is 4.47. The van der Waals surface area contributed by atoms with Crippen LogP contribution >= 0.6 is 0 Å². The van der Waals surface area contributed by atoms with Gasteiger partial charge in [0.15, 0.2) is 0 Å². The lowest BCUT2D eigenvalue weighted by molar-refractivity contribution is -0.159. The number of likely N-dealkylation sites (tertiary alicyclic amines) is 1. The molecule has 0 amide bonds. The fraction of sp³-hybridized carbons (Fsp3) is 0.346. The number of aromatic nitrogens is 2. The number of aryl methyl sites for hydroxylation is 1. The second-order valence-electron chi connectivity index (χ2n) is 8.40. The highest BCUT2D eigenvalue weighted by Gasteiger charge is 2.25. The van der Waals surface area contributed by atoms with Crippen molar-refractivity contribution in [2.75, 3.05) is 26.2 Å². The average Bonchev–Trinajstić information content (AvgIpc) is 3.45. The van der Waals surface area contributed by atoms with E-state index in [9.17, 15) is 0 Å². The summed E-state index contributed by atoms with van der Waals surface area (Å²) in [5.41, 5.74) is 6.06. The van der Waals surface area contributed by atoms with Gasteiger partial charge in [-0.15, -0.1) is 0 Å². The Kier molecular flexibility index (Phi) is 7.59. The minimum absolute atomic E-state index is 0.715. The summed E-state index contributed by atoms with van der Waals surface area (Å²) in [6.07, 6.45) is 5.87. The Bertz CT molecular complexity index is 1120. The topological polar surface area (TPSA) is 105 Å². The fourth-order valence-electron chi connectivity index (χ4n) is 4.47. The number of carboxylic acid groups (broad SMARTS) is 2. The molecule has 8 nitrogen and oxygen atoms in total. The molecule has 1 aliphatic carbocycles. The second-order valence-corrected chi connectivity index (χ2v) is 8.40. The van der Waals surface area contributed by atoms with Crippen LogP contribution in [0.1, 0.15) is 30.4 Å². The Morgan fingerprint density at radius 3 is 2.26 bits per heavy atom. The van der Waals surface area contributed by atoms with Gasteiger partial charge in [-0.05, 0) is 62.9 Å². The molecule has 1 fully saturated rings. The van der Waals surface area contributed by atoms with Gasteiger partial charge in [0.1, 0.15) is 12.3 Å². The number of para-hydroxylation sites is 1. The van der Waals surface area contributed by atoms with Crippen molar-refractivity contribution in [2.24, 2.45) is 0 Å². The number of ether oxygens (including phenoxy) is 1. The van der Waals surface area contributed by atoms with E-state index in [1.165, 1.54) is 42.6 Å².